The van der Waals surface area contributed by atoms with Crippen LogP contribution in [-0.4, -0.2) is 81.4 Å². The summed E-state index contributed by atoms with van der Waals surface area (Å²) in [6, 6.07) is 11.7. The Hall–Kier alpha value is -4.66. The van der Waals surface area contributed by atoms with Gasteiger partial charge in [-0.05, 0) is 86.6 Å². The summed E-state index contributed by atoms with van der Waals surface area (Å²) >= 11 is 1.58. The van der Waals surface area contributed by atoms with E-state index in [-0.39, 0.29) is 67.6 Å². The molecule has 1 aromatic heterocycles. The van der Waals surface area contributed by atoms with Crippen molar-refractivity contribution < 1.29 is 33.8 Å². The van der Waals surface area contributed by atoms with Gasteiger partial charge in [0.1, 0.15) is 12.1 Å². The Kier molecular flexibility index (Phi) is 16.5. The standard InChI is InChI=1S/C44H62N6O7S/c1-26-21-31(24-57-29(4)36(48-30(5)51)19-20-38(45)53)13-14-32(26)11-9-10-12-39(54)49-41(44(6,7)8)43(56)50-23-35(52)22-37(50)42(55)47-27(2)33-15-17-34(18-16-33)40-28(3)46-25-58-40/h13-18,21,25,27,29,35-37,41,52H,9-12,19-20,22-24H2,1-8H3,(H2,45,53)(H,47,55)(H,48,51)(H,49,54)/t27-,29+,35+,36-,37-,41+/m0/s1. The molecule has 6 N–H and O–H groups in total. The topological polar surface area (TPSA) is 193 Å². The molecule has 1 aliphatic rings. The predicted octanol–water partition coefficient (Wildman–Crippen LogP) is 5.19. The van der Waals surface area contributed by atoms with Crippen molar-refractivity contribution in [1.82, 2.24) is 25.8 Å². The number of nitrogens with two attached hydrogens (primary N) is 1. The number of nitrogens with one attached hydrogen (secondary N) is 3. The minimum Gasteiger partial charge on any atom is -0.391 e. The molecule has 1 fully saturated rings. The predicted molar refractivity (Wildman–Crippen MR) is 225 cm³/mol. The number of ether oxygens (including phenoxy) is 1. The van der Waals surface area contributed by atoms with Crippen molar-refractivity contribution in [1.29, 1.82) is 0 Å². The second-order valence-corrected chi connectivity index (χ2v) is 17.5. The third kappa shape index (κ3) is 13.2. The van der Waals surface area contributed by atoms with E-state index < -0.39 is 29.5 Å². The molecule has 14 heteroatoms. The normalized spacial score (nSPS) is 17.6. The molecule has 0 spiro atoms. The number of primary amides is 1. The number of carbonyl (C=O) groups is 5. The molecule has 2 heterocycles. The van der Waals surface area contributed by atoms with Gasteiger partial charge in [-0.15, -0.1) is 11.3 Å². The first-order chi connectivity index (χ1) is 27.3. The number of β-amino-alcohol motifs (C(OH)–C–C–N with tert-alkyl or cyclic N) is 1. The number of aliphatic hydroxyl groups excluding tert-OH is 1. The molecule has 3 aromatic rings. The van der Waals surface area contributed by atoms with Crippen molar-refractivity contribution in [2.75, 3.05) is 6.54 Å². The van der Waals surface area contributed by atoms with Crippen molar-refractivity contribution in [3.8, 4) is 10.4 Å². The maximum absolute atomic E-state index is 14.1. The fraction of sp³-hybridized carbons (Fsp3) is 0.545. The molecule has 4 rings (SSSR count). The van der Waals surface area contributed by atoms with Crippen LogP contribution in [0.15, 0.2) is 48.0 Å². The summed E-state index contributed by atoms with van der Waals surface area (Å²) in [7, 11) is 0. The first kappa shape index (κ1) is 46.0. The van der Waals surface area contributed by atoms with E-state index in [1.807, 2.05) is 84.3 Å². The number of hydrogen-bond donors (Lipinski definition) is 5. The van der Waals surface area contributed by atoms with Gasteiger partial charge in [0, 0.05) is 32.7 Å². The zero-order valence-corrected chi connectivity index (χ0v) is 36.0. The molecule has 2 aromatic carbocycles. The van der Waals surface area contributed by atoms with Crippen LogP contribution in [-0.2, 0) is 41.7 Å². The van der Waals surface area contributed by atoms with Crippen LogP contribution in [0.1, 0.15) is 114 Å². The third-order valence-electron chi connectivity index (χ3n) is 10.7. The molecule has 0 aliphatic carbocycles. The maximum Gasteiger partial charge on any atom is 0.246 e. The quantitative estimate of drug-likeness (QED) is 0.102. The number of unbranched alkanes of at least 4 members (excludes halogenated alkanes) is 1. The van der Waals surface area contributed by atoms with E-state index in [2.05, 4.69) is 33.1 Å². The SMILES string of the molecule is CC(=O)N[C@@H](CCC(N)=O)[C@@H](C)OCc1ccc(CCCCC(=O)N[C@H](C(=O)N2C[C@H](O)C[C@H]2C(=O)N[C@@H](C)c2ccc(-c3scnc3C)cc2)C(C)(C)C)c(C)c1. The summed E-state index contributed by atoms with van der Waals surface area (Å²) in [6.07, 6.45) is 1.86. The summed E-state index contributed by atoms with van der Waals surface area (Å²) in [6.45, 7) is 15.2. The Morgan fingerprint density at radius 2 is 1.71 bits per heavy atom. The van der Waals surface area contributed by atoms with E-state index in [0.717, 1.165) is 51.2 Å². The van der Waals surface area contributed by atoms with Gasteiger partial charge in [0.2, 0.25) is 29.5 Å². The number of thiazole rings is 1. The fourth-order valence-electron chi connectivity index (χ4n) is 7.30. The fourth-order valence-corrected chi connectivity index (χ4v) is 8.12. The molecule has 6 atom stereocenters. The van der Waals surface area contributed by atoms with Crippen LogP contribution in [0.2, 0.25) is 0 Å². The lowest BCUT2D eigenvalue weighted by molar-refractivity contribution is -0.144. The summed E-state index contributed by atoms with van der Waals surface area (Å²) < 4.78 is 6.05. The maximum atomic E-state index is 14.1. The molecule has 13 nitrogen and oxygen atoms in total. The summed E-state index contributed by atoms with van der Waals surface area (Å²) in [5.74, 6) is -1.61. The van der Waals surface area contributed by atoms with Crippen LogP contribution in [0.3, 0.4) is 0 Å². The molecular weight excluding hydrogens is 757 g/mol. The number of rotatable bonds is 19. The first-order valence-electron chi connectivity index (χ1n) is 20.2. The van der Waals surface area contributed by atoms with Crippen LogP contribution < -0.4 is 21.7 Å². The Balaban J connectivity index is 1.27. The highest BCUT2D eigenvalue weighted by Crippen LogP contribution is 2.30. The number of aliphatic hydroxyl groups is 1. The Labute approximate surface area is 346 Å². The number of likely N-dealkylation sites (tertiary alicyclic amines) is 1. The van der Waals surface area contributed by atoms with Crippen molar-refractivity contribution in [3.63, 3.8) is 0 Å². The Morgan fingerprint density at radius 1 is 1.00 bits per heavy atom. The lowest BCUT2D eigenvalue weighted by Crippen LogP contribution is -2.57. The van der Waals surface area contributed by atoms with Gasteiger partial charge in [-0.3, -0.25) is 24.0 Å². The van der Waals surface area contributed by atoms with E-state index in [4.69, 9.17) is 10.5 Å². The van der Waals surface area contributed by atoms with Crippen LogP contribution in [0.25, 0.3) is 10.4 Å². The summed E-state index contributed by atoms with van der Waals surface area (Å²) in [4.78, 5) is 70.8. The van der Waals surface area contributed by atoms with Gasteiger partial charge in [0.05, 0.1) is 47.0 Å². The number of aromatic nitrogens is 1. The van der Waals surface area contributed by atoms with E-state index in [0.29, 0.717) is 19.4 Å². The van der Waals surface area contributed by atoms with Crippen LogP contribution >= 0.6 is 11.3 Å². The van der Waals surface area contributed by atoms with Gasteiger partial charge in [-0.25, -0.2) is 4.98 Å². The monoisotopic (exact) mass is 818 g/mol. The molecule has 316 valence electrons. The highest BCUT2D eigenvalue weighted by Gasteiger charge is 2.44. The highest BCUT2D eigenvalue weighted by molar-refractivity contribution is 7.13. The Bertz CT molecular complexity index is 1890. The van der Waals surface area contributed by atoms with Gasteiger partial charge >= 0.3 is 0 Å². The van der Waals surface area contributed by atoms with Gasteiger partial charge in [-0.1, -0.05) is 63.2 Å². The molecule has 0 bridgehead atoms. The summed E-state index contributed by atoms with van der Waals surface area (Å²) in [5.41, 5.74) is 12.6. The molecule has 1 saturated heterocycles. The zero-order chi connectivity index (χ0) is 42.7. The average molecular weight is 819 g/mol. The molecule has 58 heavy (non-hydrogen) atoms. The van der Waals surface area contributed by atoms with Crippen LogP contribution in [0.4, 0.5) is 0 Å². The van der Waals surface area contributed by atoms with Gasteiger partial charge in [0.15, 0.2) is 0 Å². The summed E-state index contributed by atoms with van der Waals surface area (Å²) in [5, 5.41) is 19.5. The van der Waals surface area contributed by atoms with Crippen LogP contribution in [0, 0.1) is 19.3 Å². The second-order valence-electron chi connectivity index (χ2n) is 16.7. The number of carbonyl (C=O) groups excluding carboxylic acids is 5. The lowest BCUT2D eigenvalue weighted by Gasteiger charge is -2.35. The number of benzene rings is 2. The van der Waals surface area contributed by atoms with Gasteiger partial charge in [0.25, 0.3) is 0 Å². The highest BCUT2D eigenvalue weighted by atomic mass is 32.1. The number of nitrogens with zero attached hydrogens (tertiary/aromatic N) is 2. The number of amides is 5. The molecule has 0 unspecified atom stereocenters. The van der Waals surface area contributed by atoms with Gasteiger partial charge < -0.3 is 36.4 Å². The molecule has 0 saturated carbocycles. The van der Waals surface area contributed by atoms with E-state index >= 15 is 0 Å². The molecule has 0 radical (unpaired) electrons. The van der Waals surface area contributed by atoms with E-state index in [1.165, 1.54) is 11.8 Å². The number of hydrogen-bond acceptors (Lipinski definition) is 9. The largest absolute Gasteiger partial charge is 0.391 e. The van der Waals surface area contributed by atoms with Crippen LogP contribution in [0.5, 0.6) is 0 Å². The van der Waals surface area contributed by atoms with Gasteiger partial charge in [-0.2, -0.15) is 0 Å². The molecule has 1 aliphatic heterocycles. The molecule has 5 amide bonds. The minimum absolute atomic E-state index is 0.00842. The first-order valence-corrected chi connectivity index (χ1v) is 21.1. The van der Waals surface area contributed by atoms with Crippen molar-refractivity contribution in [2.45, 2.75) is 143 Å². The number of aryl methyl sites for hydroxylation is 3. The zero-order valence-electron chi connectivity index (χ0n) is 35.2. The van der Waals surface area contributed by atoms with Crippen molar-refractivity contribution in [3.05, 3.63) is 75.9 Å². The second kappa shape index (κ2) is 20.9. The minimum atomic E-state index is -0.892. The average Bonchev–Trinajstić information content (AvgIpc) is 3.77. The van der Waals surface area contributed by atoms with E-state index in [1.54, 1.807) is 11.3 Å². The molecular formula is C44H62N6O7S. The lowest BCUT2D eigenvalue weighted by atomic mass is 9.85. The van der Waals surface area contributed by atoms with Crippen molar-refractivity contribution >= 4 is 40.9 Å². The van der Waals surface area contributed by atoms with E-state index in [9.17, 15) is 29.1 Å². The van der Waals surface area contributed by atoms with Crippen molar-refractivity contribution in [2.24, 2.45) is 11.1 Å². The third-order valence-corrected chi connectivity index (χ3v) is 11.7. The smallest absolute Gasteiger partial charge is 0.246 e. The Morgan fingerprint density at radius 3 is 2.31 bits per heavy atom.